The van der Waals surface area contributed by atoms with Crippen LogP contribution in [-0.4, -0.2) is 61.8 Å². The lowest BCUT2D eigenvalue weighted by Gasteiger charge is -2.20. The van der Waals surface area contributed by atoms with Crippen molar-refractivity contribution in [2.24, 2.45) is 0 Å². The van der Waals surface area contributed by atoms with Gasteiger partial charge in [0.15, 0.2) is 0 Å². The first-order chi connectivity index (χ1) is 7.84. The largest absolute Gasteiger partial charge is 0.383 e. The molecule has 1 fully saturated rings. The summed E-state index contributed by atoms with van der Waals surface area (Å²) in [6.07, 6.45) is 0. The zero-order valence-corrected chi connectivity index (χ0v) is 12.5. The van der Waals surface area contributed by atoms with Gasteiger partial charge in [0.25, 0.3) is 0 Å². The van der Waals surface area contributed by atoms with E-state index in [2.05, 4.69) is 10.6 Å². The Balaban J connectivity index is 0.00000256. The number of methoxy groups -OCH3 is 1. The first kappa shape index (κ1) is 17.4. The molecule has 2 N–H and O–H groups in total. The summed E-state index contributed by atoms with van der Waals surface area (Å²) in [6.45, 7) is 3.05. The number of carbonyl (C=O) groups is 1. The molecule has 1 heterocycles. The summed E-state index contributed by atoms with van der Waals surface area (Å²) >= 11 is 3.64. The highest BCUT2D eigenvalue weighted by molar-refractivity contribution is 8.07. The van der Waals surface area contributed by atoms with Crippen molar-refractivity contribution in [3.8, 4) is 0 Å². The van der Waals surface area contributed by atoms with E-state index in [0.717, 1.165) is 24.6 Å². The zero-order valence-electron chi connectivity index (χ0n) is 10.1. The molecular weight excluding hydrogens is 280 g/mol. The number of hydrogen-bond acceptors (Lipinski definition) is 5. The van der Waals surface area contributed by atoms with Gasteiger partial charge in [-0.3, -0.25) is 4.79 Å². The number of halogens is 1. The van der Waals surface area contributed by atoms with E-state index in [1.54, 1.807) is 18.9 Å². The van der Waals surface area contributed by atoms with E-state index in [1.807, 2.05) is 11.8 Å². The van der Waals surface area contributed by atoms with Crippen molar-refractivity contribution in [3.63, 3.8) is 0 Å². The molecule has 1 aliphatic rings. The Hall–Kier alpha value is 0.380. The monoisotopic (exact) mass is 300 g/mol. The van der Waals surface area contributed by atoms with Gasteiger partial charge in [-0.15, -0.1) is 24.2 Å². The molecule has 0 aromatic heterocycles. The van der Waals surface area contributed by atoms with E-state index in [4.69, 9.17) is 4.74 Å². The van der Waals surface area contributed by atoms with Crippen LogP contribution in [0.1, 0.15) is 0 Å². The van der Waals surface area contributed by atoms with Crippen LogP contribution in [0.25, 0.3) is 0 Å². The Morgan fingerprint density at radius 3 is 2.82 bits per heavy atom. The average Bonchev–Trinajstić information content (AvgIpc) is 2.34. The van der Waals surface area contributed by atoms with Crippen LogP contribution in [-0.2, 0) is 9.53 Å². The summed E-state index contributed by atoms with van der Waals surface area (Å²) < 4.78 is 4.91. The van der Waals surface area contributed by atoms with E-state index in [0.29, 0.717) is 13.2 Å². The van der Waals surface area contributed by atoms with Gasteiger partial charge in [0.2, 0.25) is 5.91 Å². The number of hydrogen-bond donors (Lipinski definition) is 2. The fraction of sp³-hybridized carbons (Fsp3) is 0.900. The lowest BCUT2D eigenvalue weighted by atomic mass is 10.4. The molecule has 1 saturated heterocycles. The molecule has 7 heteroatoms. The van der Waals surface area contributed by atoms with Crippen LogP contribution in [0, 0.1) is 0 Å². The van der Waals surface area contributed by atoms with Crippen molar-refractivity contribution in [3.05, 3.63) is 0 Å². The Bertz CT molecular complexity index is 205. The number of ether oxygens (including phenoxy) is 1. The summed E-state index contributed by atoms with van der Waals surface area (Å²) in [7, 11) is 1.68. The van der Waals surface area contributed by atoms with Crippen molar-refractivity contribution in [1.29, 1.82) is 0 Å². The molecule has 0 radical (unpaired) electrons. The van der Waals surface area contributed by atoms with Crippen molar-refractivity contribution >= 4 is 41.8 Å². The second-order valence-corrected chi connectivity index (χ2v) is 5.93. The van der Waals surface area contributed by atoms with Gasteiger partial charge < -0.3 is 15.4 Å². The molecule has 102 valence electrons. The Labute approximate surface area is 118 Å². The van der Waals surface area contributed by atoms with E-state index in [9.17, 15) is 4.79 Å². The Morgan fingerprint density at radius 1 is 1.35 bits per heavy atom. The molecule has 1 unspecified atom stereocenters. The molecular formula is C10H21ClN2O2S2. The van der Waals surface area contributed by atoms with Gasteiger partial charge in [0.05, 0.1) is 11.9 Å². The number of rotatable bonds is 7. The third kappa shape index (κ3) is 8.15. The first-order valence-corrected chi connectivity index (χ1v) is 7.71. The van der Waals surface area contributed by atoms with Gasteiger partial charge in [0, 0.05) is 44.0 Å². The normalized spacial score (nSPS) is 19.5. The second kappa shape index (κ2) is 11.5. The molecule has 0 bridgehead atoms. The molecule has 0 spiro atoms. The highest BCUT2D eigenvalue weighted by Gasteiger charge is 2.21. The first-order valence-electron chi connectivity index (χ1n) is 5.51. The molecule has 0 saturated carbocycles. The predicted molar refractivity (Wildman–Crippen MR) is 78.6 cm³/mol. The maximum Gasteiger partial charge on any atom is 0.234 e. The van der Waals surface area contributed by atoms with Gasteiger partial charge in [-0.25, -0.2) is 0 Å². The van der Waals surface area contributed by atoms with Gasteiger partial charge in [-0.1, -0.05) is 0 Å². The maximum atomic E-state index is 11.7. The molecule has 4 nitrogen and oxygen atoms in total. The zero-order chi connectivity index (χ0) is 11.6. The fourth-order valence-electron chi connectivity index (χ4n) is 1.33. The van der Waals surface area contributed by atoms with E-state index >= 15 is 0 Å². The standard InChI is InChI=1S/C10H20N2O2S2.ClH/c1-14-5-4-11-2-3-12-10(13)9-8-15-6-7-16-9;/h9,11H,2-8H2,1H3,(H,12,13);1H. The van der Waals surface area contributed by atoms with Gasteiger partial charge >= 0.3 is 0 Å². The lowest BCUT2D eigenvalue weighted by Crippen LogP contribution is -2.39. The molecule has 17 heavy (non-hydrogen) atoms. The minimum absolute atomic E-state index is 0. The predicted octanol–water partition coefficient (Wildman–Crippen LogP) is 0.609. The maximum absolute atomic E-state index is 11.7. The summed E-state index contributed by atoms with van der Waals surface area (Å²) in [6, 6.07) is 0. The van der Waals surface area contributed by atoms with Crippen LogP contribution in [0.5, 0.6) is 0 Å². The third-order valence-electron chi connectivity index (χ3n) is 2.19. The van der Waals surface area contributed by atoms with Crippen molar-refractivity contribution < 1.29 is 9.53 Å². The average molecular weight is 301 g/mol. The summed E-state index contributed by atoms with van der Waals surface area (Å²) in [5.74, 6) is 3.40. The molecule has 0 aromatic carbocycles. The molecule has 0 aliphatic carbocycles. The number of carbonyl (C=O) groups excluding carboxylic acids is 1. The smallest absolute Gasteiger partial charge is 0.234 e. The summed E-state index contributed by atoms with van der Waals surface area (Å²) in [4.78, 5) is 11.7. The molecule has 1 aliphatic heterocycles. The molecule has 1 atom stereocenters. The molecule has 1 rings (SSSR count). The highest BCUT2D eigenvalue weighted by Crippen LogP contribution is 2.23. The van der Waals surface area contributed by atoms with E-state index < -0.39 is 0 Å². The number of amides is 1. The highest BCUT2D eigenvalue weighted by atomic mass is 35.5. The topological polar surface area (TPSA) is 50.4 Å². The van der Waals surface area contributed by atoms with Crippen LogP contribution in [0.2, 0.25) is 0 Å². The van der Waals surface area contributed by atoms with Crippen LogP contribution in [0.3, 0.4) is 0 Å². The van der Waals surface area contributed by atoms with E-state index in [-0.39, 0.29) is 23.6 Å². The number of nitrogens with one attached hydrogen (secondary N) is 2. The van der Waals surface area contributed by atoms with Crippen LogP contribution >= 0.6 is 35.9 Å². The van der Waals surface area contributed by atoms with Crippen LogP contribution in [0.15, 0.2) is 0 Å². The van der Waals surface area contributed by atoms with E-state index in [1.165, 1.54) is 5.75 Å². The van der Waals surface area contributed by atoms with Gasteiger partial charge in [-0.05, 0) is 0 Å². The minimum Gasteiger partial charge on any atom is -0.383 e. The van der Waals surface area contributed by atoms with Crippen molar-refractivity contribution in [2.45, 2.75) is 5.25 Å². The van der Waals surface area contributed by atoms with Gasteiger partial charge in [0.1, 0.15) is 0 Å². The summed E-state index contributed by atoms with van der Waals surface area (Å²) in [5, 5.41) is 6.30. The third-order valence-corrected chi connectivity index (χ3v) is 4.95. The van der Waals surface area contributed by atoms with Crippen LogP contribution < -0.4 is 10.6 Å². The molecule has 0 aromatic rings. The van der Waals surface area contributed by atoms with Crippen molar-refractivity contribution in [2.75, 3.05) is 50.6 Å². The summed E-state index contributed by atoms with van der Waals surface area (Å²) in [5.41, 5.74) is 0. The Morgan fingerprint density at radius 2 is 2.18 bits per heavy atom. The van der Waals surface area contributed by atoms with Gasteiger partial charge in [-0.2, -0.15) is 11.8 Å². The fourth-order valence-corrected chi connectivity index (χ4v) is 3.91. The lowest BCUT2D eigenvalue weighted by molar-refractivity contribution is -0.120. The Kier molecular flexibility index (Phi) is 11.7. The number of thioether (sulfide) groups is 2. The SMILES string of the molecule is COCCNCCNC(=O)C1CSCCS1.Cl. The quantitative estimate of drug-likeness (QED) is 0.675. The van der Waals surface area contributed by atoms with Crippen molar-refractivity contribution in [1.82, 2.24) is 10.6 Å². The second-order valence-electron chi connectivity index (χ2n) is 3.47. The van der Waals surface area contributed by atoms with Crippen LogP contribution in [0.4, 0.5) is 0 Å². The minimum atomic E-state index is 0. The molecule has 1 amide bonds.